The van der Waals surface area contributed by atoms with Gasteiger partial charge in [0.15, 0.2) is 12.4 Å². The Morgan fingerprint density at radius 3 is 2.50 bits per heavy atom. The molecule has 0 aliphatic heterocycles. The van der Waals surface area contributed by atoms with Crippen LogP contribution < -0.4 is 0 Å². The molecule has 0 aliphatic rings. The average molecular weight is 355 g/mol. The van der Waals surface area contributed by atoms with Crippen LogP contribution in [0.1, 0.15) is 17.5 Å². The van der Waals surface area contributed by atoms with Gasteiger partial charge in [-0.15, -0.1) is 0 Å². The van der Waals surface area contributed by atoms with E-state index in [1.807, 2.05) is 0 Å². The minimum Gasteiger partial charge on any atom is -0.452 e. The van der Waals surface area contributed by atoms with E-state index >= 15 is 0 Å². The predicted molar refractivity (Wildman–Crippen MR) is 88.6 cm³/mol. The summed E-state index contributed by atoms with van der Waals surface area (Å²) in [6.07, 6.45) is 0. The molecule has 0 radical (unpaired) electrons. The molecule has 0 fully saturated rings. The van der Waals surface area contributed by atoms with Crippen molar-refractivity contribution in [1.82, 2.24) is 0 Å². The van der Waals surface area contributed by atoms with E-state index in [1.54, 1.807) is 6.07 Å². The van der Waals surface area contributed by atoms with Gasteiger partial charge in [0, 0.05) is 23.4 Å². The lowest BCUT2D eigenvalue weighted by atomic mass is 10.0. The van der Waals surface area contributed by atoms with Gasteiger partial charge in [0.05, 0.1) is 11.0 Å². The highest BCUT2D eigenvalue weighted by atomic mass is 16.6. The van der Waals surface area contributed by atoms with Gasteiger partial charge < -0.3 is 14.6 Å². The lowest BCUT2D eigenvalue weighted by Gasteiger charge is -2.06. The fourth-order valence-electron chi connectivity index (χ4n) is 2.05. The zero-order valence-electron chi connectivity index (χ0n) is 13.6. The molecule has 2 rings (SSSR count). The molecule has 1 aromatic heterocycles. The normalized spacial score (nSPS) is 11.2. The highest BCUT2D eigenvalue weighted by Gasteiger charge is 2.23. The molecule has 0 saturated heterocycles. The number of nitrogens with zero attached hydrogens (tertiary/aromatic N) is 2. The van der Waals surface area contributed by atoms with Crippen molar-refractivity contribution in [2.75, 3.05) is 6.61 Å². The van der Waals surface area contributed by atoms with Gasteiger partial charge in [0.1, 0.15) is 11.7 Å². The first-order valence-electron chi connectivity index (χ1n) is 7.32. The number of nitro groups is 1. The Hall–Kier alpha value is -3.80. The maximum absolute atomic E-state index is 11.9. The fraction of sp³-hybridized carbons (Fsp3) is 0.176. The van der Waals surface area contributed by atoms with Crippen LogP contribution >= 0.6 is 0 Å². The summed E-state index contributed by atoms with van der Waals surface area (Å²) in [5.74, 6) is -2.72. The zero-order valence-corrected chi connectivity index (χ0v) is 13.6. The number of benzene rings is 1. The number of ketones is 1. The summed E-state index contributed by atoms with van der Waals surface area (Å²) in [6.45, 7) is 0.664. The number of non-ortho nitro benzene ring substituents is 1. The number of nitriles is 1. The van der Waals surface area contributed by atoms with Crippen molar-refractivity contribution in [3.8, 4) is 17.4 Å². The Labute approximate surface area is 147 Å². The molecule has 1 atom stereocenters. The van der Waals surface area contributed by atoms with Crippen molar-refractivity contribution in [3.63, 3.8) is 0 Å². The quantitative estimate of drug-likeness (QED) is 0.347. The van der Waals surface area contributed by atoms with Crippen LogP contribution in [0.5, 0.6) is 0 Å². The molecule has 2 aromatic rings. The summed E-state index contributed by atoms with van der Waals surface area (Å²) in [6, 6.07) is 10.0. The van der Waals surface area contributed by atoms with Gasteiger partial charge in [-0.2, -0.15) is 5.26 Å². The molecule has 26 heavy (non-hydrogen) atoms. The van der Waals surface area contributed by atoms with Gasteiger partial charge in [0.25, 0.3) is 5.69 Å². The first-order chi connectivity index (χ1) is 12.3. The van der Waals surface area contributed by atoms with Gasteiger partial charge >= 0.3 is 5.97 Å². The van der Waals surface area contributed by atoms with E-state index in [4.69, 9.17) is 19.8 Å². The molecule has 1 aromatic carbocycles. The lowest BCUT2D eigenvalue weighted by molar-refractivity contribution is -0.384. The van der Waals surface area contributed by atoms with Crippen molar-refractivity contribution < 1.29 is 23.7 Å². The highest BCUT2D eigenvalue weighted by Crippen LogP contribution is 2.24. The first kappa shape index (κ1) is 18.5. The van der Waals surface area contributed by atoms with E-state index in [2.05, 4.69) is 0 Å². The summed E-state index contributed by atoms with van der Waals surface area (Å²) in [4.78, 5) is 33.8. The molecular weight excluding hydrogens is 342 g/mol. The zero-order chi connectivity index (χ0) is 19.3. The molecule has 9 heteroatoms. The van der Waals surface area contributed by atoms with Gasteiger partial charge in [0.2, 0.25) is 5.76 Å². The number of Topliss-reactive ketones (excluding diaryl/α,β-unsaturated/α-hetero) is 1. The fourth-order valence-corrected chi connectivity index (χ4v) is 2.05. The van der Waals surface area contributed by atoms with Crippen molar-refractivity contribution >= 4 is 23.2 Å². The van der Waals surface area contributed by atoms with Crippen LogP contribution in [0.15, 0.2) is 40.8 Å². The molecule has 132 valence electrons. The van der Waals surface area contributed by atoms with E-state index in [9.17, 15) is 19.7 Å². The minimum absolute atomic E-state index is 0.0769. The number of hydrogen-bond donors (Lipinski definition) is 1. The first-order valence-corrected chi connectivity index (χ1v) is 7.32. The summed E-state index contributed by atoms with van der Waals surface area (Å²) < 4.78 is 10.1. The third-order valence-electron chi connectivity index (χ3n) is 3.40. The third kappa shape index (κ3) is 4.18. The Bertz CT molecular complexity index is 907. The number of rotatable bonds is 7. The Morgan fingerprint density at radius 2 is 1.96 bits per heavy atom. The average Bonchev–Trinajstić information content (AvgIpc) is 3.10. The van der Waals surface area contributed by atoms with E-state index in [0.29, 0.717) is 11.3 Å². The number of carbonyl (C=O) groups is 2. The van der Waals surface area contributed by atoms with Crippen LogP contribution in [0.4, 0.5) is 5.69 Å². The number of carbonyl (C=O) groups excluding carboxylic acids is 2. The SMILES string of the molecule is CC(=N)C(C#N)C(=O)COC(=O)c1ccc(-c2ccc([N+](=O)[O-])cc2)o1. The van der Waals surface area contributed by atoms with Crippen LogP contribution in [-0.2, 0) is 9.53 Å². The standard InChI is InChI=1S/C17H13N3O6/c1-10(19)13(8-18)14(21)9-25-17(22)16-7-6-15(26-16)11-2-4-12(5-3-11)20(23)24/h2-7,13,19H,9H2,1H3. The Kier molecular flexibility index (Phi) is 5.60. The Morgan fingerprint density at radius 1 is 1.31 bits per heavy atom. The topological polar surface area (TPSA) is 147 Å². The number of ether oxygens (including phenoxy) is 1. The molecule has 9 nitrogen and oxygen atoms in total. The molecule has 1 heterocycles. The summed E-state index contributed by atoms with van der Waals surface area (Å²) in [5, 5.41) is 26.8. The predicted octanol–water partition coefficient (Wildman–Crippen LogP) is 2.76. The van der Waals surface area contributed by atoms with Gasteiger partial charge in [-0.05, 0) is 31.2 Å². The summed E-state index contributed by atoms with van der Waals surface area (Å²) >= 11 is 0. The van der Waals surface area contributed by atoms with E-state index in [0.717, 1.165) is 0 Å². The smallest absolute Gasteiger partial charge is 0.374 e. The molecule has 0 aliphatic carbocycles. The molecule has 1 unspecified atom stereocenters. The van der Waals surface area contributed by atoms with Gasteiger partial charge in [-0.3, -0.25) is 14.9 Å². The number of hydrogen-bond acceptors (Lipinski definition) is 8. The van der Waals surface area contributed by atoms with E-state index in [-0.39, 0.29) is 17.2 Å². The number of furan rings is 1. The van der Waals surface area contributed by atoms with Crippen LogP contribution in [0.2, 0.25) is 0 Å². The van der Waals surface area contributed by atoms with Crippen LogP contribution in [0.3, 0.4) is 0 Å². The number of esters is 1. The Balaban J connectivity index is 2.04. The van der Waals surface area contributed by atoms with Gasteiger partial charge in [-0.1, -0.05) is 0 Å². The number of nitro benzene ring substituents is 1. The molecule has 0 bridgehead atoms. The summed E-state index contributed by atoms with van der Waals surface area (Å²) in [7, 11) is 0. The highest BCUT2D eigenvalue weighted by molar-refractivity contribution is 6.06. The second-order valence-electron chi connectivity index (χ2n) is 5.26. The van der Waals surface area contributed by atoms with Crippen molar-refractivity contribution in [2.24, 2.45) is 5.92 Å². The lowest BCUT2D eigenvalue weighted by Crippen LogP contribution is -2.25. The second kappa shape index (κ2) is 7.85. The largest absolute Gasteiger partial charge is 0.452 e. The summed E-state index contributed by atoms with van der Waals surface area (Å²) in [5.41, 5.74) is 0.314. The minimum atomic E-state index is -1.25. The molecule has 0 amide bonds. The molecule has 0 spiro atoms. The maximum Gasteiger partial charge on any atom is 0.374 e. The molecular formula is C17H13N3O6. The van der Waals surface area contributed by atoms with E-state index in [1.165, 1.54) is 43.3 Å². The van der Waals surface area contributed by atoms with Crippen LogP contribution in [0, 0.1) is 32.8 Å². The number of nitrogens with one attached hydrogen (secondary N) is 1. The third-order valence-corrected chi connectivity index (χ3v) is 3.40. The van der Waals surface area contributed by atoms with Gasteiger partial charge in [-0.25, -0.2) is 4.79 Å². The second-order valence-corrected chi connectivity index (χ2v) is 5.26. The van der Waals surface area contributed by atoms with E-state index < -0.39 is 29.2 Å². The van der Waals surface area contributed by atoms with Crippen molar-refractivity contribution in [1.29, 1.82) is 10.7 Å². The monoisotopic (exact) mass is 355 g/mol. The van der Waals surface area contributed by atoms with Crippen molar-refractivity contribution in [3.05, 3.63) is 52.3 Å². The van der Waals surface area contributed by atoms with Crippen molar-refractivity contribution in [2.45, 2.75) is 6.92 Å². The molecule has 0 saturated carbocycles. The van der Waals surface area contributed by atoms with Crippen LogP contribution in [-0.4, -0.2) is 29.0 Å². The van der Waals surface area contributed by atoms with Crippen LogP contribution in [0.25, 0.3) is 11.3 Å². The maximum atomic E-state index is 11.9. The molecule has 1 N–H and O–H groups in total.